The first-order chi connectivity index (χ1) is 16.6. The quantitative estimate of drug-likeness (QED) is 0.583. The maximum Gasteiger partial charge on any atom is 0.410 e. The molecule has 0 radical (unpaired) electrons. The minimum absolute atomic E-state index is 0.203. The third-order valence-corrected chi connectivity index (χ3v) is 7.26. The number of carbonyl (C=O) groups excluding carboxylic acids is 1. The first kappa shape index (κ1) is 26.3. The number of rotatable bonds is 5. The summed E-state index contributed by atoms with van der Waals surface area (Å²) in [5.41, 5.74) is -0.458. The second kappa shape index (κ2) is 8.98. The number of pyridine rings is 1. The fourth-order valence-electron chi connectivity index (χ4n) is 5.20. The van der Waals surface area contributed by atoms with Crippen LogP contribution >= 0.6 is 0 Å². The number of nitrogens with zero attached hydrogens (tertiary/aromatic N) is 3. The van der Waals surface area contributed by atoms with Gasteiger partial charge in [0.15, 0.2) is 0 Å². The number of ether oxygens (including phenoxy) is 1. The van der Waals surface area contributed by atoms with Gasteiger partial charge in [-0.05, 0) is 55.5 Å². The van der Waals surface area contributed by atoms with Crippen molar-refractivity contribution >= 4 is 11.9 Å². The predicted octanol–water partition coefficient (Wildman–Crippen LogP) is 5.54. The predicted molar refractivity (Wildman–Crippen MR) is 135 cm³/mol. The van der Waals surface area contributed by atoms with Gasteiger partial charge in [0, 0.05) is 37.7 Å². The van der Waals surface area contributed by atoms with Crippen molar-refractivity contribution in [2.24, 2.45) is 5.41 Å². The Bertz CT molecular complexity index is 1110. The summed E-state index contributed by atoms with van der Waals surface area (Å²) >= 11 is 0. The second-order valence-electron chi connectivity index (χ2n) is 11.8. The van der Waals surface area contributed by atoms with Gasteiger partial charge in [-0.2, -0.15) is 0 Å². The second-order valence-corrected chi connectivity index (χ2v) is 11.8. The summed E-state index contributed by atoms with van der Waals surface area (Å²) in [6, 6.07) is 11.3. The molecule has 2 aromatic rings. The van der Waals surface area contributed by atoms with Crippen molar-refractivity contribution < 1.29 is 23.4 Å². The van der Waals surface area contributed by atoms with E-state index in [-0.39, 0.29) is 26.1 Å². The van der Waals surface area contributed by atoms with Crippen LogP contribution in [0.5, 0.6) is 0 Å². The topological polar surface area (TPSA) is 65.9 Å². The number of aliphatic hydroxyl groups is 1. The van der Waals surface area contributed by atoms with E-state index in [1.807, 2.05) is 52.0 Å². The molecule has 0 bridgehead atoms. The van der Waals surface area contributed by atoms with Crippen molar-refractivity contribution in [3.05, 3.63) is 59.3 Å². The van der Waals surface area contributed by atoms with Gasteiger partial charge in [-0.15, -0.1) is 0 Å². The summed E-state index contributed by atoms with van der Waals surface area (Å²) in [7, 11) is 0. The van der Waals surface area contributed by atoms with Crippen molar-refractivity contribution in [2.75, 3.05) is 31.1 Å². The van der Waals surface area contributed by atoms with E-state index in [4.69, 9.17) is 4.74 Å². The van der Waals surface area contributed by atoms with Crippen molar-refractivity contribution in [1.29, 1.82) is 0 Å². The highest BCUT2D eigenvalue weighted by atomic mass is 19.3. The number of amides is 1. The van der Waals surface area contributed by atoms with E-state index in [2.05, 4.69) is 18.8 Å². The lowest BCUT2D eigenvalue weighted by Gasteiger charge is -2.56. The standard InChI is InChI=1S/C28H37F2N3O3/c1-19(2)20-7-9-21(10-8-20)28(35,26(6)16-33(17-26)24(34)36-25(3,4)5)22-11-13-31-23(15-22)32-14-12-27(29,30)18-32/h7-11,13,15,19,35H,12,14,16-18H2,1-6H3. The van der Waals surface area contributed by atoms with Crippen molar-refractivity contribution in [3.8, 4) is 0 Å². The van der Waals surface area contributed by atoms with E-state index < -0.39 is 35.2 Å². The van der Waals surface area contributed by atoms with Crippen molar-refractivity contribution in [3.63, 3.8) is 0 Å². The molecule has 1 unspecified atom stereocenters. The highest BCUT2D eigenvalue weighted by Gasteiger charge is 2.58. The van der Waals surface area contributed by atoms with Crippen LogP contribution in [0, 0.1) is 5.41 Å². The highest BCUT2D eigenvalue weighted by molar-refractivity contribution is 5.70. The first-order valence-electron chi connectivity index (χ1n) is 12.5. The summed E-state index contributed by atoms with van der Waals surface area (Å²) < 4.78 is 33.3. The number of aromatic nitrogens is 1. The maximum absolute atomic E-state index is 13.9. The summed E-state index contributed by atoms with van der Waals surface area (Å²) in [5, 5.41) is 12.5. The van der Waals surface area contributed by atoms with Gasteiger partial charge in [0.1, 0.15) is 17.0 Å². The van der Waals surface area contributed by atoms with Gasteiger partial charge in [0.05, 0.1) is 6.54 Å². The Kier molecular flexibility index (Phi) is 6.56. The number of hydrogen-bond donors (Lipinski definition) is 1. The molecule has 36 heavy (non-hydrogen) atoms. The number of benzene rings is 1. The molecule has 1 amide bonds. The van der Waals surface area contributed by atoms with E-state index >= 15 is 0 Å². The van der Waals surface area contributed by atoms with Crippen LogP contribution in [0.15, 0.2) is 42.6 Å². The molecule has 0 aliphatic carbocycles. The molecule has 2 aliphatic rings. The normalized spacial score (nSPS) is 20.7. The molecule has 2 saturated heterocycles. The average Bonchev–Trinajstić information content (AvgIpc) is 3.15. The third-order valence-electron chi connectivity index (χ3n) is 7.26. The summed E-state index contributed by atoms with van der Waals surface area (Å²) in [4.78, 5) is 20.2. The van der Waals surface area contributed by atoms with Gasteiger partial charge in [-0.25, -0.2) is 18.6 Å². The van der Waals surface area contributed by atoms with Crippen LogP contribution < -0.4 is 4.90 Å². The Hall–Kier alpha value is -2.74. The number of alkyl halides is 2. The molecule has 0 spiro atoms. The zero-order valence-electron chi connectivity index (χ0n) is 22.0. The monoisotopic (exact) mass is 501 g/mol. The Morgan fingerprint density at radius 3 is 2.25 bits per heavy atom. The van der Waals surface area contributed by atoms with Gasteiger partial charge < -0.3 is 19.6 Å². The summed E-state index contributed by atoms with van der Waals surface area (Å²) in [6.07, 6.45) is 0.914. The van der Waals surface area contributed by atoms with E-state index in [9.17, 15) is 18.7 Å². The third kappa shape index (κ3) is 4.92. The van der Waals surface area contributed by atoms with Gasteiger partial charge in [0.2, 0.25) is 0 Å². The smallest absolute Gasteiger partial charge is 0.410 e. The molecule has 0 saturated carbocycles. The summed E-state index contributed by atoms with van der Waals surface area (Å²) in [6.45, 7) is 12.0. The largest absolute Gasteiger partial charge is 0.444 e. The molecule has 2 aliphatic heterocycles. The first-order valence-corrected chi connectivity index (χ1v) is 12.5. The molecule has 2 fully saturated rings. The zero-order chi connectivity index (χ0) is 26.5. The molecule has 8 heteroatoms. The van der Waals surface area contributed by atoms with Crippen LogP contribution in [0.25, 0.3) is 0 Å². The van der Waals surface area contributed by atoms with E-state index in [1.54, 1.807) is 28.1 Å². The fraction of sp³-hybridized carbons (Fsp3) is 0.571. The molecule has 3 heterocycles. The lowest BCUT2D eigenvalue weighted by atomic mass is 9.62. The lowest BCUT2D eigenvalue weighted by molar-refractivity contribution is -0.131. The van der Waals surface area contributed by atoms with Crippen LogP contribution in [-0.2, 0) is 10.3 Å². The van der Waals surface area contributed by atoms with Crippen LogP contribution in [0.1, 0.15) is 70.6 Å². The van der Waals surface area contributed by atoms with Gasteiger partial charge in [-0.1, -0.05) is 45.0 Å². The molecule has 196 valence electrons. The minimum atomic E-state index is -2.76. The highest BCUT2D eigenvalue weighted by Crippen LogP contribution is 2.51. The molecule has 1 atom stereocenters. The minimum Gasteiger partial charge on any atom is -0.444 e. The lowest BCUT2D eigenvalue weighted by Crippen LogP contribution is -2.66. The number of likely N-dealkylation sites (tertiary alicyclic amines) is 1. The van der Waals surface area contributed by atoms with Gasteiger partial charge >= 0.3 is 6.09 Å². The fourth-order valence-corrected chi connectivity index (χ4v) is 5.20. The summed E-state index contributed by atoms with van der Waals surface area (Å²) in [5.74, 6) is -2.01. The molecule has 1 aromatic heterocycles. The Balaban J connectivity index is 1.71. The Morgan fingerprint density at radius 2 is 1.72 bits per heavy atom. The zero-order valence-corrected chi connectivity index (χ0v) is 22.0. The van der Waals surface area contributed by atoms with Crippen molar-refractivity contribution in [2.45, 2.75) is 71.0 Å². The van der Waals surface area contributed by atoms with Gasteiger partial charge in [-0.3, -0.25) is 0 Å². The van der Waals surface area contributed by atoms with E-state index in [0.717, 1.165) is 5.56 Å². The number of anilines is 1. The van der Waals surface area contributed by atoms with E-state index in [1.165, 1.54) is 0 Å². The Labute approximate surface area is 212 Å². The van der Waals surface area contributed by atoms with Crippen LogP contribution in [-0.4, -0.2) is 58.8 Å². The maximum atomic E-state index is 13.9. The number of halogens is 2. The van der Waals surface area contributed by atoms with Crippen molar-refractivity contribution in [1.82, 2.24) is 9.88 Å². The van der Waals surface area contributed by atoms with Crippen LogP contribution in [0.2, 0.25) is 0 Å². The molecule has 1 aromatic carbocycles. The Morgan fingerprint density at radius 1 is 1.08 bits per heavy atom. The molecule has 1 N–H and O–H groups in total. The molecule has 4 rings (SSSR count). The van der Waals surface area contributed by atoms with E-state index in [0.29, 0.717) is 22.9 Å². The molecule has 6 nitrogen and oxygen atoms in total. The number of hydrogen-bond acceptors (Lipinski definition) is 5. The van der Waals surface area contributed by atoms with Crippen LogP contribution in [0.3, 0.4) is 0 Å². The number of carbonyl (C=O) groups is 1. The van der Waals surface area contributed by atoms with Gasteiger partial charge in [0.25, 0.3) is 5.92 Å². The molecular weight excluding hydrogens is 464 g/mol. The average molecular weight is 502 g/mol. The van der Waals surface area contributed by atoms with Crippen LogP contribution in [0.4, 0.5) is 19.4 Å². The SMILES string of the molecule is CC(C)c1ccc(C(O)(c2ccnc(N3CCC(F)(F)C3)c2)C2(C)CN(C(=O)OC(C)(C)C)C2)cc1. The molecular formula is C28H37F2N3O3.